The van der Waals surface area contributed by atoms with E-state index in [0.717, 1.165) is 59.9 Å². The first-order valence-corrected chi connectivity index (χ1v) is 11.5. The molecular weight excluding hydrogens is 386 g/mol. The third kappa shape index (κ3) is 5.60. The second kappa shape index (κ2) is 9.90. The molecule has 0 heterocycles. The molecule has 2 aliphatic rings. The van der Waals surface area contributed by atoms with Crippen LogP contribution >= 0.6 is 0 Å². The molecule has 4 N–H and O–H groups in total. The average molecular weight is 420 g/mol. The molecule has 0 bridgehead atoms. The molecule has 0 aromatic heterocycles. The molecule has 2 atom stereocenters. The van der Waals surface area contributed by atoms with Crippen LogP contribution < -0.4 is 21.1 Å². The second-order valence-corrected chi connectivity index (χ2v) is 8.68. The fraction of sp³-hybridized carbons (Fsp3) is 0.423. The van der Waals surface area contributed by atoms with Crippen LogP contribution in [0.2, 0.25) is 0 Å². The van der Waals surface area contributed by atoms with Crippen LogP contribution in [-0.4, -0.2) is 25.1 Å². The van der Waals surface area contributed by atoms with E-state index in [4.69, 9.17) is 10.5 Å². The molecule has 2 fully saturated rings. The highest BCUT2D eigenvalue weighted by molar-refractivity contribution is 5.79. The molecule has 5 nitrogen and oxygen atoms in total. The number of benzene rings is 2. The quantitative estimate of drug-likeness (QED) is 0.567. The van der Waals surface area contributed by atoms with Crippen molar-refractivity contribution in [3.8, 4) is 16.9 Å². The van der Waals surface area contributed by atoms with E-state index in [-0.39, 0.29) is 17.9 Å². The molecule has 4 rings (SSSR count). The minimum Gasteiger partial charge on any atom is -0.493 e. The number of carbonyl (C=O) groups excluding carboxylic acids is 1. The largest absolute Gasteiger partial charge is 0.493 e. The fourth-order valence-corrected chi connectivity index (χ4v) is 4.20. The van der Waals surface area contributed by atoms with Crippen molar-refractivity contribution in [2.45, 2.75) is 45.1 Å². The molecule has 2 saturated carbocycles. The van der Waals surface area contributed by atoms with Gasteiger partial charge >= 0.3 is 0 Å². The predicted molar refractivity (Wildman–Crippen MR) is 125 cm³/mol. The molecule has 2 aliphatic carbocycles. The summed E-state index contributed by atoms with van der Waals surface area (Å²) in [5.41, 5.74) is 10.2. The summed E-state index contributed by atoms with van der Waals surface area (Å²) in [6.07, 6.45) is 6.96. The van der Waals surface area contributed by atoms with Crippen molar-refractivity contribution in [1.82, 2.24) is 10.6 Å². The fourth-order valence-electron chi connectivity index (χ4n) is 4.20. The van der Waals surface area contributed by atoms with Crippen molar-refractivity contribution in [2.75, 3.05) is 13.2 Å². The van der Waals surface area contributed by atoms with Crippen LogP contribution in [0.15, 0.2) is 54.7 Å². The summed E-state index contributed by atoms with van der Waals surface area (Å²) < 4.78 is 5.83. The van der Waals surface area contributed by atoms with Gasteiger partial charge < -0.3 is 21.1 Å². The van der Waals surface area contributed by atoms with E-state index in [0.29, 0.717) is 6.54 Å². The van der Waals surface area contributed by atoms with E-state index in [1.807, 2.05) is 19.1 Å². The van der Waals surface area contributed by atoms with Gasteiger partial charge in [-0.25, -0.2) is 0 Å². The predicted octanol–water partition coefficient (Wildman–Crippen LogP) is 4.29. The van der Waals surface area contributed by atoms with E-state index >= 15 is 0 Å². The Morgan fingerprint density at radius 1 is 1.03 bits per heavy atom. The maximum absolute atomic E-state index is 12.1. The van der Waals surface area contributed by atoms with Gasteiger partial charge in [0.05, 0.1) is 12.3 Å². The number of carbonyl (C=O) groups is 1. The Bertz CT molecular complexity index is 901. The van der Waals surface area contributed by atoms with Crippen molar-refractivity contribution < 1.29 is 9.53 Å². The van der Waals surface area contributed by atoms with Crippen LogP contribution in [0.25, 0.3) is 16.8 Å². The SMILES string of the molecule is CCNC(=O)C1CCC(N/C(=C\N)c2ccc(-c3ccc(OCC4CC4)cc3)cc2)C1. The summed E-state index contributed by atoms with van der Waals surface area (Å²) in [4.78, 5) is 12.1. The van der Waals surface area contributed by atoms with Crippen LogP contribution in [0.5, 0.6) is 5.75 Å². The summed E-state index contributed by atoms with van der Waals surface area (Å²) in [5.74, 6) is 1.95. The number of nitrogens with one attached hydrogen (secondary N) is 2. The van der Waals surface area contributed by atoms with E-state index in [1.54, 1.807) is 6.20 Å². The molecule has 0 aliphatic heterocycles. The Morgan fingerprint density at radius 3 is 2.32 bits per heavy atom. The van der Waals surface area contributed by atoms with E-state index in [9.17, 15) is 4.79 Å². The third-order valence-corrected chi connectivity index (χ3v) is 6.25. The highest BCUT2D eigenvalue weighted by Gasteiger charge is 2.30. The summed E-state index contributed by atoms with van der Waals surface area (Å²) >= 11 is 0. The van der Waals surface area contributed by atoms with Crippen molar-refractivity contribution in [2.24, 2.45) is 17.6 Å². The molecule has 5 heteroatoms. The van der Waals surface area contributed by atoms with Gasteiger partial charge in [0.25, 0.3) is 0 Å². The van der Waals surface area contributed by atoms with Gasteiger partial charge in [0.2, 0.25) is 5.91 Å². The Kier molecular flexibility index (Phi) is 6.80. The highest BCUT2D eigenvalue weighted by atomic mass is 16.5. The molecule has 1 amide bonds. The monoisotopic (exact) mass is 419 g/mol. The summed E-state index contributed by atoms with van der Waals surface area (Å²) in [6.45, 7) is 3.48. The van der Waals surface area contributed by atoms with Gasteiger partial charge in [-0.15, -0.1) is 0 Å². The van der Waals surface area contributed by atoms with Gasteiger partial charge in [-0.05, 0) is 73.8 Å². The topological polar surface area (TPSA) is 76.4 Å². The lowest BCUT2D eigenvalue weighted by Crippen LogP contribution is -2.31. The molecule has 2 aromatic carbocycles. The zero-order valence-electron chi connectivity index (χ0n) is 18.3. The van der Waals surface area contributed by atoms with Crippen LogP contribution in [0, 0.1) is 11.8 Å². The third-order valence-electron chi connectivity index (χ3n) is 6.25. The molecule has 31 heavy (non-hydrogen) atoms. The van der Waals surface area contributed by atoms with Crippen LogP contribution in [-0.2, 0) is 4.79 Å². The maximum atomic E-state index is 12.1. The number of amides is 1. The van der Waals surface area contributed by atoms with Crippen molar-refractivity contribution >= 4 is 11.6 Å². The number of rotatable bonds is 9. The number of hydrogen-bond acceptors (Lipinski definition) is 4. The minimum atomic E-state index is 0.0927. The first kappa shape index (κ1) is 21.3. The Morgan fingerprint density at radius 2 is 1.71 bits per heavy atom. The minimum absolute atomic E-state index is 0.0927. The van der Waals surface area contributed by atoms with Gasteiger partial charge in [-0.1, -0.05) is 36.4 Å². The molecule has 2 unspecified atom stereocenters. The molecule has 0 radical (unpaired) electrons. The number of hydrogen-bond donors (Lipinski definition) is 3. The standard InChI is InChI=1S/C26H33N3O2/c1-2-28-26(30)22-9-12-23(15-22)29-25(16-27)21-7-5-19(6-8-21)20-10-13-24(14-11-20)31-17-18-3-4-18/h5-8,10-11,13-14,16,18,22-23,29H,2-4,9,12,15,17,27H2,1H3,(H,28,30)/b25-16-. The average Bonchev–Trinajstić information content (AvgIpc) is 3.52. The Balaban J connectivity index is 1.34. The normalized spacial score (nSPS) is 21.0. The van der Waals surface area contributed by atoms with Gasteiger partial charge in [-0.2, -0.15) is 0 Å². The maximum Gasteiger partial charge on any atom is 0.223 e. The smallest absolute Gasteiger partial charge is 0.223 e. The molecule has 0 spiro atoms. The molecule has 0 saturated heterocycles. The van der Waals surface area contributed by atoms with Gasteiger partial charge in [0, 0.05) is 24.7 Å². The number of nitrogens with two attached hydrogens (primary N) is 1. The van der Waals surface area contributed by atoms with Crippen LogP contribution in [0.4, 0.5) is 0 Å². The molecule has 164 valence electrons. The Hall–Kier alpha value is -2.95. The Labute approximate surface area is 185 Å². The van der Waals surface area contributed by atoms with Crippen LogP contribution in [0.1, 0.15) is 44.6 Å². The van der Waals surface area contributed by atoms with Gasteiger partial charge in [0.1, 0.15) is 5.75 Å². The van der Waals surface area contributed by atoms with E-state index in [1.165, 1.54) is 12.8 Å². The molecular formula is C26H33N3O2. The summed E-state index contributed by atoms with van der Waals surface area (Å²) in [5, 5.41) is 6.48. The van der Waals surface area contributed by atoms with Gasteiger partial charge in [-0.3, -0.25) is 4.79 Å². The van der Waals surface area contributed by atoms with Gasteiger partial charge in [0.15, 0.2) is 0 Å². The lowest BCUT2D eigenvalue weighted by Gasteiger charge is -2.18. The van der Waals surface area contributed by atoms with Crippen molar-refractivity contribution in [1.29, 1.82) is 0 Å². The van der Waals surface area contributed by atoms with Crippen molar-refractivity contribution in [3.05, 3.63) is 60.3 Å². The lowest BCUT2D eigenvalue weighted by atomic mass is 10.0. The molecule has 2 aromatic rings. The first-order valence-electron chi connectivity index (χ1n) is 11.5. The van der Waals surface area contributed by atoms with Crippen LogP contribution in [0.3, 0.4) is 0 Å². The number of ether oxygens (including phenoxy) is 1. The lowest BCUT2D eigenvalue weighted by molar-refractivity contribution is -0.124. The van der Waals surface area contributed by atoms with Crippen molar-refractivity contribution in [3.63, 3.8) is 0 Å². The van der Waals surface area contributed by atoms with E-state index in [2.05, 4.69) is 47.0 Å². The zero-order valence-corrected chi connectivity index (χ0v) is 18.3. The second-order valence-electron chi connectivity index (χ2n) is 8.68. The highest BCUT2D eigenvalue weighted by Crippen LogP contribution is 2.31. The summed E-state index contributed by atoms with van der Waals surface area (Å²) in [6, 6.07) is 17.0. The first-order chi connectivity index (χ1) is 15.2. The van der Waals surface area contributed by atoms with E-state index < -0.39 is 0 Å². The zero-order chi connectivity index (χ0) is 21.6. The summed E-state index contributed by atoms with van der Waals surface area (Å²) in [7, 11) is 0.